The van der Waals surface area contributed by atoms with Crippen LogP contribution in [0, 0.1) is 13.8 Å². The Morgan fingerprint density at radius 1 is 0.741 bits per heavy atom. The van der Waals surface area contributed by atoms with E-state index in [1.807, 2.05) is 50.2 Å². The predicted molar refractivity (Wildman–Crippen MR) is 113 cm³/mol. The van der Waals surface area contributed by atoms with Gasteiger partial charge in [-0.25, -0.2) is 8.42 Å². The van der Waals surface area contributed by atoms with E-state index in [0.29, 0.717) is 16.3 Å². The minimum absolute atomic E-state index is 0.519. The molecule has 0 aromatic heterocycles. The van der Waals surface area contributed by atoms with Gasteiger partial charge >= 0.3 is 0 Å². The molecule has 0 radical (unpaired) electrons. The van der Waals surface area contributed by atoms with Gasteiger partial charge in [0.1, 0.15) is 0 Å². The molecule has 0 aliphatic carbocycles. The third-order valence-corrected chi connectivity index (χ3v) is 5.93. The number of nitrogens with one attached hydrogen (secondary N) is 2. The van der Waals surface area contributed by atoms with Crippen molar-refractivity contribution in [1.82, 2.24) is 0 Å². The van der Waals surface area contributed by atoms with Gasteiger partial charge in [0, 0.05) is 16.4 Å². The zero-order valence-electron chi connectivity index (χ0n) is 15.1. The van der Waals surface area contributed by atoms with Crippen molar-refractivity contribution in [2.75, 3.05) is 10.0 Å². The Kier molecular flexibility index (Phi) is 5.73. The lowest BCUT2D eigenvalue weighted by Gasteiger charge is -2.22. The van der Waals surface area contributed by atoms with Gasteiger partial charge in [-0.3, -0.25) is 4.72 Å². The van der Waals surface area contributed by atoms with Crippen molar-refractivity contribution < 1.29 is 8.42 Å². The average Bonchev–Trinajstić information content (AvgIpc) is 2.64. The van der Waals surface area contributed by atoms with E-state index in [1.165, 1.54) is 0 Å². The molecule has 0 bridgehead atoms. The van der Waals surface area contributed by atoms with Crippen molar-refractivity contribution in [3.05, 3.63) is 94.5 Å². The number of rotatable bonds is 6. The molecule has 2 N–H and O–H groups in total. The SMILES string of the molecule is Cc1ccc(NC(c2ccc(Cl)cc2)S(=O)(=O)Nc2ccc(C)cc2)cc1. The van der Waals surface area contributed by atoms with E-state index in [1.54, 1.807) is 36.4 Å². The summed E-state index contributed by atoms with van der Waals surface area (Å²) in [5.41, 5.74) is 3.99. The first kappa shape index (κ1) is 19.3. The molecule has 0 fully saturated rings. The highest BCUT2D eigenvalue weighted by molar-refractivity contribution is 7.93. The lowest BCUT2D eigenvalue weighted by molar-refractivity contribution is 0.593. The van der Waals surface area contributed by atoms with Crippen LogP contribution < -0.4 is 10.0 Å². The van der Waals surface area contributed by atoms with Crippen LogP contribution in [0.15, 0.2) is 72.8 Å². The molecule has 3 rings (SSSR count). The smallest absolute Gasteiger partial charge is 0.258 e. The summed E-state index contributed by atoms with van der Waals surface area (Å²) in [4.78, 5) is 0. The van der Waals surface area contributed by atoms with Gasteiger partial charge in [0.15, 0.2) is 5.37 Å². The Balaban J connectivity index is 1.95. The van der Waals surface area contributed by atoms with Crippen LogP contribution in [0.2, 0.25) is 5.02 Å². The molecule has 0 aliphatic heterocycles. The van der Waals surface area contributed by atoms with Gasteiger partial charge in [-0.1, -0.05) is 59.1 Å². The van der Waals surface area contributed by atoms with E-state index in [0.717, 1.165) is 16.8 Å². The fourth-order valence-corrected chi connectivity index (χ4v) is 4.14. The number of anilines is 2. The second kappa shape index (κ2) is 8.03. The highest BCUT2D eigenvalue weighted by atomic mass is 35.5. The molecule has 0 aliphatic rings. The predicted octanol–water partition coefficient (Wildman–Crippen LogP) is 5.51. The van der Waals surface area contributed by atoms with Crippen molar-refractivity contribution >= 4 is 33.0 Å². The van der Waals surface area contributed by atoms with Crippen LogP contribution in [0.1, 0.15) is 22.1 Å². The van der Waals surface area contributed by atoms with E-state index >= 15 is 0 Å². The van der Waals surface area contributed by atoms with Gasteiger partial charge in [-0.05, 0) is 55.8 Å². The first-order valence-electron chi connectivity index (χ1n) is 8.50. The fraction of sp³-hybridized carbons (Fsp3) is 0.143. The van der Waals surface area contributed by atoms with Crippen LogP contribution >= 0.6 is 11.6 Å². The van der Waals surface area contributed by atoms with Crippen molar-refractivity contribution in [3.8, 4) is 0 Å². The Morgan fingerprint density at radius 2 is 1.22 bits per heavy atom. The second-order valence-electron chi connectivity index (χ2n) is 6.46. The summed E-state index contributed by atoms with van der Waals surface area (Å²) in [5, 5.41) is 2.70. The summed E-state index contributed by atoms with van der Waals surface area (Å²) in [6, 6.07) is 21.6. The van der Waals surface area contributed by atoms with Crippen LogP contribution in [0.5, 0.6) is 0 Å². The number of aryl methyl sites for hydroxylation is 2. The number of benzene rings is 3. The van der Waals surface area contributed by atoms with Crippen molar-refractivity contribution in [2.24, 2.45) is 0 Å². The molecule has 0 saturated carbocycles. The van der Waals surface area contributed by atoms with Crippen molar-refractivity contribution in [3.63, 3.8) is 0 Å². The molecular formula is C21H21ClN2O2S. The molecular weight excluding hydrogens is 380 g/mol. The van der Waals surface area contributed by atoms with Gasteiger partial charge in [0.25, 0.3) is 10.0 Å². The molecule has 0 amide bonds. The van der Waals surface area contributed by atoms with Gasteiger partial charge in [-0.15, -0.1) is 0 Å². The van der Waals surface area contributed by atoms with Gasteiger partial charge < -0.3 is 5.32 Å². The largest absolute Gasteiger partial charge is 0.364 e. The van der Waals surface area contributed by atoms with Gasteiger partial charge in [0.05, 0.1) is 0 Å². The topological polar surface area (TPSA) is 58.2 Å². The Hall–Kier alpha value is -2.50. The van der Waals surface area contributed by atoms with Crippen LogP contribution in [-0.4, -0.2) is 8.42 Å². The highest BCUT2D eigenvalue weighted by Crippen LogP contribution is 2.28. The maximum absolute atomic E-state index is 13.1. The minimum Gasteiger partial charge on any atom is -0.364 e. The molecule has 1 unspecified atom stereocenters. The van der Waals surface area contributed by atoms with Crippen molar-refractivity contribution in [1.29, 1.82) is 0 Å². The lowest BCUT2D eigenvalue weighted by Crippen LogP contribution is -2.27. The fourth-order valence-electron chi connectivity index (χ4n) is 2.62. The third kappa shape index (κ3) is 5.02. The minimum atomic E-state index is -3.77. The first-order chi connectivity index (χ1) is 12.8. The van der Waals surface area contributed by atoms with E-state index in [-0.39, 0.29) is 0 Å². The maximum Gasteiger partial charge on any atom is 0.258 e. The number of hydrogen-bond acceptors (Lipinski definition) is 3. The molecule has 4 nitrogen and oxygen atoms in total. The monoisotopic (exact) mass is 400 g/mol. The average molecular weight is 401 g/mol. The van der Waals surface area contributed by atoms with Crippen LogP contribution in [-0.2, 0) is 10.0 Å². The second-order valence-corrected chi connectivity index (χ2v) is 8.66. The molecule has 3 aromatic rings. The Labute approximate surface area is 165 Å². The summed E-state index contributed by atoms with van der Waals surface area (Å²) in [6.45, 7) is 3.93. The maximum atomic E-state index is 13.1. The van der Waals surface area contributed by atoms with E-state index < -0.39 is 15.4 Å². The van der Waals surface area contributed by atoms with Crippen LogP contribution in [0.3, 0.4) is 0 Å². The van der Waals surface area contributed by atoms with Gasteiger partial charge in [0.2, 0.25) is 0 Å². The quantitative estimate of drug-likeness (QED) is 0.573. The highest BCUT2D eigenvalue weighted by Gasteiger charge is 2.27. The van der Waals surface area contributed by atoms with E-state index in [9.17, 15) is 8.42 Å². The molecule has 1 atom stereocenters. The lowest BCUT2D eigenvalue weighted by atomic mass is 10.2. The molecule has 0 heterocycles. The summed E-state index contributed by atoms with van der Waals surface area (Å²) in [5.74, 6) is 0. The normalized spacial score (nSPS) is 12.4. The summed E-state index contributed by atoms with van der Waals surface area (Å²) in [6.07, 6.45) is 0. The van der Waals surface area contributed by atoms with E-state index in [2.05, 4.69) is 10.0 Å². The summed E-state index contributed by atoms with van der Waals surface area (Å²) in [7, 11) is -3.77. The van der Waals surface area contributed by atoms with E-state index in [4.69, 9.17) is 11.6 Å². The Bertz CT molecular complexity index is 1000. The standard InChI is InChI=1S/C21H21ClN2O2S/c1-15-3-11-19(12-4-15)23-21(17-7-9-18(22)10-8-17)27(25,26)24-20-13-5-16(2)6-14-20/h3-14,21,23-24H,1-2H3. The van der Waals surface area contributed by atoms with Crippen LogP contribution in [0.4, 0.5) is 11.4 Å². The van der Waals surface area contributed by atoms with Gasteiger partial charge in [-0.2, -0.15) is 0 Å². The molecule has 140 valence electrons. The molecule has 3 aromatic carbocycles. The third-order valence-electron chi connectivity index (χ3n) is 4.14. The zero-order chi connectivity index (χ0) is 19.4. The number of halogens is 1. The molecule has 0 saturated heterocycles. The van der Waals surface area contributed by atoms with Crippen LogP contribution in [0.25, 0.3) is 0 Å². The Morgan fingerprint density at radius 3 is 1.74 bits per heavy atom. The zero-order valence-corrected chi connectivity index (χ0v) is 16.7. The number of sulfonamides is 1. The molecule has 0 spiro atoms. The van der Waals surface area contributed by atoms with Crippen molar-refractivity contribution in [2.45, 2.75) is 19.2 Å². The summed E-state index contributed by atoms with van der Waals surface area (Å²) >= 11 is 5.97. The molecule has 27 heavy (non-hydrogen) atoms. The number of hydrogen-bond donors (Lipinski definition) is 2. The summed E-state index contributed by atoms with van der Waals surface area (Å²) < 4.78 is 28.9. The first-order valence-corrected chi connectivity index (χ1v) is 10.4. The molecule has 6 heteroatoms.